The zero-order chi connectivity index (χ0) is 8.97. The van der Waals surface area contributed by atoms with Crippen molar-refractivity contribution in [2.75, 3.05) is 12.3 Å². The highest BCUT2D eigenvalue weighted by molar-refractivity contribution is 5.85. The zero-order valence-corrected chi connectivity index (χ0v) is 8.13. The molecule has 5 N–H and O–H groups in total. The number of anilines is 1. The molecule has 0 fully saturated rings. The molecule has 1 atom stereocenters. The summed E-state index contributed by atoms with van der Waals surface area (Å²) in [6, 6.07) is 7.30. The van der Waals surface area contributed by atoms with Gasteiger partial charge in [0.15, 0.2) is 0 Å². The lowest BCUT2D eigenvalue weighted by atomic mass is 10.0. The van der Waals surface area contributed by atoms with Crippen LogP contribution in [0.5, 0.6) is 0 Å². The van der Waals surface area contributed by atoms with Gasteiger partial charge in [-0.3, -0.25) is 0 Å². The molecule has 1 aromatic carbocycles. The zero-order valence-electron chi connectivity index (χ0n) is 7.31. The second-order valence-electron chi connectivity index (χ2n) is 2.75. The molecular formula is C9H15ClN2O. The average molecular weight is 203 g/mol. The van der Waals surface area contributed by atoms with E-state index in [1.54, 1.807) is 0 Å². The Labute approximate surface area is 84.2 Å². The normalized spacial score (nSPS) is 11.8. The molecular weight excluding hydrogens is 188 g/mol. The molecule has 0 spiro atoms. The minimum Gasteiger partial charge on any atom is -0.398 e. The van der Waals surface area contributed by atoms with Gasteiger partial charge in [0.2, 0.25) is 0 Å². The van der Waals surface area contributed by atoms with Crippen molar-refractivity contribution in [2.45, 2.75) is 12.5 Å². The number of halogens is 1. The number of nitrogen functional groups attached to an aromatic ring is 1. The van der Waals surface area contributed by atoms with Crippen LogP contribution in [0.1, 0.15) is 18.0 Å². The van der Waals surface area contributed by atoms with E-state index in [0.29, 0.717) is 12.1 Å². The maximum atomic E-state index is 8.67. The van der Waals surface area contributed by atoms with Gasteiger partial charge in [0, 0.05) is 18.3 Å². The number of aliphatic hydroxyl groups excluding tert-OH is 1. The molecule has 74 valence electrons. The molecule has 1 rings (SSSR count). The van der Waals surface area contributed by atoms with Crippen LogP contribution >= 0.6 is 12.4 Å². The summed E-state index contributed by atoms with van der Waals surface area (Å²) in [6.45, 7) is 0.0928. The van der Waals surface area contributed by atoms with Crippen LogP contribution in [0.15, 0.2) is 24.3 Å². The first-order valence-corrected chi connectivity index (χ1v) is 3.96. The molecule has 0 saturated heterocycles. The van der Waals surface area contributed by atoms with E-state index in [1.807, 2.05) is 24.3 Å². The van der Waals surface area contributed by atoms with E-state index >= 15 is 0 Å². The van der Waals surface area contributed by atoms with Gasteiger partial charge >= 0.3 is 0 Å². The van der Waals surface area contributed by atoms with E-state index in [9.17, 15) is 0 Å². The summed E-state index contributed by atoms with van der Waals surface area (Å²) < 4.78 is 0. The highest BCUT2D eigenvalue weighted by atomic mass is 35.5. The fourth-order valence-electron chi connectivity index (χ4n) is 1.14. The van der Waals surface area contributed by atoms with Gasteiger partial charge in [-0.15, -0.1) is 12.4 Å². The van der Waals surface area contributed by atoms with Gasteiger partial charge in [-0.05, 0) is 18.1 Å². The Kier molecular flexibility index (Phi) is 5.46. The molecule has 3 nitrogen and oxygen atoms in total. The Morgan fingerprint density at radius 2 is 1.92 bits per heavy atom. The molecule has 0 heterocycles. The van der Waals surface area contributed by atoms with Crippen molar-refractivity contribution in [1.29, 1.82) is 0 Å². The smallest absolute Gasteiger partial charge is 0.0449 e. The topological polar surface area (TPSA) is 72.3 Å². The maximum absolute atomic E-state index is 8.67. The Balaban J connectivity index is 0.00000144. The van der Waals surface area contributed by atoms with E-state index in [2.05, 4.69) is 0 Å². The fraction of sp³-hybridized carbons (Fsp3) is 0.333. The molecule has 0 aliphatic carbocycles. The van der Waals surface area contributed by atoms with Crippen molar-refractivity contribution < 1.29 is 5.11 Å². The van der Waals surface area contributed by atoms with Crippen molar-refractivity contribution in [3.63, 3.8) is 0 Å². The van der Waals surface area contributed by atoms with Crippen LogP contribution in [-0.4, -0.2) is 11.7 Å². The highest BCUT2D eigenvalue weighted by Crippen LogP contribution is 2.19. The number of rotatable bonds is 3. The Bertz CT molecular complexity index is 255. The standard InChI is InChI=1S/C9H14N2O.ClH/c10-8-4-2-1-3-7(8)9(11)5-6-12;/h1-4,9,12H,5-6,10-11H2;1H. The molecule has 0 radical (unpaired) electrons. The first-order valence-electron chi connectivity index (χ1n) is 3.96. The SMILES string of the molecule is Cl.Nc1ccccc1C(N)CCO. The van der Waals surface area contributed by atoms with E-state index in [1.165, 1.54) is 0 Å². The largest absolute Gasteiger partial charge is 0.398 e. The summed E-state index contributed by atoms with van der Waals surface area (Å²) in [7, 11) is 0. The number of hydrogen-bond donors (Lipinski definition) is 3. The van der Waals surface area contributed by atoms with Crippen molar-refractivity contribution in [3.8, 4) is 0 Å². The third-order valence-electron chi connectivity index (χ3n) is 1.84. The molecule has 4 heteroatoms. The summed E-state index contributed by atoms with van der Waals surface area (Å²) in [5.74, 6) is 0. The summed E-state index contributed by atoms with van der Waals surface area (Å²) in [5.41, 5.74) is 13.1. The van der Waals surface area contributed by atoms with Crippen molar-refractivity contribution in [3.05, 3.63) is 29.8 Å². The summed E-state index contributed by atoms with van der Waals surface area (Å²) in [6.07, 6.45) is 0.550. The van der Waals surface area contributed by atoms with E-state index in [-0.39, 0.29) is 25.1 Å². The van der Waals surface area contributed by atoms with Crippen molar-refractivity contribution in [2.24, 2.45) is 5.73 Å². The van der Waals surface area contributed by atoms with Crippen LogP contribution < -0.4 is 11.5 Å². The summed E-state index contributed by atoms with van der Waals surface area (Å²) >= 11 is 0. The van der Waals surface area contributed by atoms with Crippen LogP contribution in [0.4, 0.5) is 5.69 Å². The number of nitrogens with two attached hydrogens (primary N) is 2. The molecule has 13 heavy (non-hydrogen) atoms. The van der Waals surface area contributed by atoms with Crippen LogP contribution in [0.25, 0.3) is 0 Å². The van der Waals surface area contributed by atoms with Crippen LogP contribution in [0.2, 0.25) is 0 Å². The predicted molar refractivity (Wildman–Crippen MR) is 56.7 cm³/mol. The predicted octanol–water partition coefficient (Wildman–Crippen LogP) is 1.07. The lowest BCUT2D eigenvalue weighted by Gasteiger charge is -2.12. The van der Waals surface area contributed by atoms with Gasteiger partial charge in [-0.2, -0.15) is 0 Å². The molecule has 1 aromatic rings. The third kappa shape index (κ3) is 3.22. The molecule has 1 unspecified atom stereocenters. The molecule has 0 aliphatic heterocycles. The number of hydrogen-bond acceptors (Lipinski definition) is 3. The van der Waals surface area contributed by atoms with Crippen LogP contribution in [0.3, 0.4) is 0 Å². The molecule has 0 bridgehead atoms. The van der Waals surface area contributed by atoms with Crippen LogP contribution in [0, 0.1) is 0 Å². The Morgan fingerprint density at radius 1 is 1.31 bits per heavy atom. The van der Waals surface area contributed by atoms with Gasteiger partial charge in [-0.1, -0.05) is 18.2 Å². The highest BCUT2D eigenvalue weighted by Gasteiger charge is 2.06. The Hall–Kier alpha value is -0.770. The van der Waals surface area contributed by atoms with Gasteiger partial charge in [0.05, 0.1) is 0 Å². The van der Waals surface area contributed by atoms with Crippen LogP contribution in [-0.2, 0) is 0 Å². The lowest BCUT2D eigenvalue weighted by Crippen LogP contribution is -2.13. The van der Waals surface area contributed by atoms with Gasteiger partial charge in [0.1, 0.15) is 0 Å². The minimum absolute atomic E-state index is 0. The van der Waals surface area contributed by atoms with Gasteiger partial charge < -0.3 is 16.6 Å². The average Bonchev–Trinajstić information content (AvgIpc) is 2.05. The second-order valence-corrected chi connectivity index (χ2v) is 2.75. The maximum Gasteiger partial charge on any atom is 0.0449 e. The first-order chi connectivity index (χ1) is 5.75. The van der Waals surface area contributed by atoms with E-state index < -0.39 is 0 Å². The monoisotopic (exact) mass is 202 g/mol. The summed E-state index contributed by atoms with van der Waals surface area (Å²) in [4.78, 5) is 0. The first kappa shape index (κ1) is 12.2. The third-order valence-corrected chi connectivity index (χ3v) is 1.84. The molecule has 0 amide bonds. The molecule has 0 aromatic heterocycles. The second kappa shape index (κ2) is 5.80. The Morgan fingerprint density at radius 3 is 2.46 bits per heavy atom. The quantitative estimate of drug-likeness (QED) is 0.643. The minimum atomic E-state index is -0.156. The fourth-order valence-corrected chi connectivity index (χ4v) is 1.14. The van der Waals surface area contributed by atoms with Gasteiger partial charge in [-0.25, -0.2) is 0 Å². The lowest BCUT2D eigenvalue weighted by molar-refractivity contribution is 0.276. The number of aliphatic hydroxyl groups is 1. The summed E-state index contributed by atoms with van der Waals surface area (Å²) in [5, 5.41) is 8.67. The van der Waals surface area contributed by atoms with Crippen molar-refractivity contribution >= 4 is 18.1 Å². The van der Waals surface area contributed by atoms with E-state index in [4.69, 9.17) is 16.6 Å². The number of para-hydroxylation sites is 1. The van der Waals surface area contributed by atoms with Gasteiger partial charge in [0.25, 0.3) is 0 Å². The van der Waals surface area contributed by atoms with Crippen molar-refractivity contribution in [1.82, 2.24) is 0 Å². The van der Waals surface area contributed by atoms with E-state index in [0.717, 1.165) is 5.56 Å². The molecule has 0 aliphatic rings. The number of benzene rings is 1. The molecule has 0 saturated carbocycles.